The molecule has 0 spiro atoms. The second kappa shape index (κ2) is 4.03. The van der Waals surface area contributed by atoms with Crippen molar-refractivity contribution < 1.29 is 5.11 Å². The van der Waals surface area contributed by atoms with Crippen LogP contribution in [0.1, 0.15) is 11.4 Å². The molecule has 5 nitrogen and oxygen atoms in total. The van der Waals surface area contributed by atoms with Gasteiger partial charge in [-0.05, 0) is 29.8 Å². The number of nitrogen functional groups attached to an aromatic ring is 1. The van der Waals surface area contributed by atoms with Crippen LogP contribution in [0.25, 0.3) is 5.65 Å². The highest BCUT2D eigenvalue weighted by Gasteiger charge is 2.07. The maximum atomic E-state index is 9.24. The van der Waals surface area contributed by atoms with Crippen LogP contribution in [0.3, 0.4) is 0 Å². The van der Waals surface area contributed by atoms with Gasteiger partial charge in [-0.1, -0.05) is 12.1 Å². The summed E-state index contributed by atoms with van der Waals surface area (Å²) in [4.78, 5) is 0. The van der Waals surface area contributed by atoms with Crippen molar-refractivity contribution in [3.63, 3.8) is 0 Å². The Labute approximate surface area is 104 Å². The summed E-state index contributed by atoms with van der Waals surface area (Å²) < 4.78 is 1.88. The lowest BCUT2D eigenvalue weighted by molar-refractivity contribution is 0.475. The van der Waals surface area contributed by atoms with Gasteiger partial charge >= 0.3 is 0 Å². The summed E-state index contributed by atoms with van der Waals surface area (Å²) in [5.41, 5.74) is 8.17. The zero-order chi connectivity index (χ0) is 12.5. The average Bonchev–Trinajstić information content (AvgIpc) is 2.77. The van der Waals surface area contributed by atoms with Gasteiger partial charge < -0.3 is 10.8 Å². The Morgan fingerprint density at radius 2 is 1.89 bits per heavy atom. The number of rotatable bonds is 2. The molecule has 18 heavy (non-hydrogen) atoms. The van der Waals surface area contributed by atoms with Crippen LogP contribution < -0.4 is 5.73 Å². The first kappa shape index (κ1) is 10.6. The Hall–Kier alpha value is -2.56. The number of nitrogens with two attached hydrogens (primary N) is 1. The maximum Gasteiger partial charge on any atom is 0.183 e. The van der Waals surface area contributed by atoms with Gasteiger partial charge in [0.25, 0.3) is 0 Å². The highest BCUT2D eigenvalue weighted by atomic mass is 16.3. The standard InChI is InChI=1S/C13H12N4O/c14-11-2-1-7-17-12(15-16-13(11)17)8-9-3-5-10(18)6-4-9/h1-7,18H,8,14H2. The third-order valence-electron chi connectivity index (χ3n) is 2.83. The van der Waals surface area contributed by atoms with Crippen molar-refractivity contribution in [3.05, 3.63) is 54.0 Å². The molecule has 90 valence electrons. The van der Waals surface area contributed by atoms with Crippen molar-refractivity contribution in [1.29, 1.82) is 0 Å². The fourth-order valence-corrected chi connectivity index (χ4v) is 1.90. The molecule has 5 heteroatoms. The van der Waals surface area contributed by atoms with E-state index in [0.717, 1.165) is 11.4 Å². The van der Waals surface area contributed by atoms with Gasteiger partial charge in [0, 0.05) is 12.6 Å². The number of anilines is 1. The molecule has 3 aromatic rings. The third kappa shape index (κ3) is 1.75. The molecule has 0 fully saturated rings. The molecule has 0 saturated carbocycles. The van der Waals surface area contributed by atoms with Crippen LogP contribution in [0.2, 0.25) is 0 Å². The second-order valence-electron chi connectivity index (χ2n) is 4.12. The number of fused-ring (bicyclic) bond motifs is 1. The number of aromatic hydroxyl groups is 1. The quantitative estimate of drug-likeness (QED) is 0.713. The van der Waals surface area contributed by atoms with Gasteiger partial charge in [0.2, 0.25) is 0 Å². The first-order valence-corrected chi connectivity index (χ1v) is 5.60. The number of hydrogen-bond acceptors (Lipinski definition) is 4. The van der Waals surface area contributed by atoms with Crippen LogP contribution in [0.5, 0.6) is 5.75 Å². The SMILES string of the molecule is Nc1cccn2c(Cc3ccc(O)cc3)nnc12. The maximum absolute atomic E-state index is 9.24. The molecule has 0 saturated heterocycles. The third-order valence-corrected chi connectivity index (χ3v) is 2.83. The van der Waals surface area contributed by atoms with Gasteiger partial charge in [-0.3, -0.25) is 4.40 Å². The number of nitrogens with zero attached hydrogens (tertiary/aromatic N) is 3. The minimum absolute atomic E-state index is 0.258. The summed E-state index contributed by atoms with van der Waals surface area (Å²) in [6, 6.07) is 10.7. The number of aromatic nitrogens is 3. The summed E-state index contributed by atoms with van der Waals surface area (Å²) in [5.74, 6) is 1.08. The Kier molecular flexibility index (Phi) is 2.37. The number of phenols is 1. The van der Waals surface area contributed by atoms with E-state index in [1.54, 1.807) is 18.2 Å². The van der Waals surface area contributed by atoms with Crippen LogP contribution in [-0.4, -0.2) is 19.7 Å². The van der Waals surface area contributed by atoms with E-state index in [2.05, 4.69) is 10.2 Å². The zero-order valence-corrected chi connectivity index (χ0v) is 9.61. The normalized spacial score (nSPS) is 10.9. The van der Waals surface area contributed by atoms with Crippen LogP contribution >= 0.6 is 0 Å². The van der Waals surface area contributed by atoms with Gasteiger partial charge in [0.1, 0.15) is 11.6 Å². The van der Waals surface area contributed by atoms with Crippen LogP contribution in [0.15, 0.2) is 42.6 Å². The Morgan fingerprint density at radius 1 is 1.11 bits per heavy atom. The fourth-order valence-electron chi connectivity index (χ4n) is 1.90. The van der Waals surface area contributed by atoms with Crippen molar-refractivity contribution in [2.24, 2.45) is 0 Å². The predicted octanol–water partition coefficient (Wildman–Crippen LogP) is 1.61. The van der Waals surface area contributed by atoms with E-state index in [9.17, 15) is 5.11 Å². The Balaban J connectivity index is 2.00. The predicted molar refractivity (Wildman–Crippen MR) is 68.3 cm³/mol. The Bertz CT molecular complexity index is 688. The lowest BCUT2D eigenvalue weighted by Gasteiger charge is -2.01. The molecule has 0 aliphatic carbocycles. The van der Waals surface area contributed by atoms with E-state index in [1.807, 2.05) is 28.8 Å². The molecular weight excluding hydrogens is 228 g/mol. The van der Waals surface area contributed by atoms with Crippen LogP contribution in [-0.2, 0) is 6.42 Å². The number of benzene rings is 1. The molecule has 0 unspecified atom stereocenters. The molecule has 2 aromatic heterocycles. The second-order valence-corrected chi connectivity index (χ2v) is 4.12. The van der Waals surface area contributed by atoms with Gasteiger partial charge in [0.15, 0.2) is 5.65 Å². The first-order valence-electron chi connectivity index (χ1n) is 5.60. The van der Waals surface area contributed by atoms with Gasteiger partial charge in [-0.2, -0.15) is 0 Å². The first-order chi connectivity index (χ1) is 8.74. The molecule has 1 aromatic carbocycles. The van der Waals surface area contributed by atoms with E-state index in [0.29, 0.717) is 17.8 Å². The van der Waals surface area contributed by atoms with Crippen molar-refractivity contribution in [1.82, 2.24) is 14.6 Å². The largest absolute Gasteiger partial charge is 0.508 e. The minimum atomic E-state index is 0.258. The molecule has 0 bridgehead atoms. The summed E-state index contributed by atoms with van der Waals surface area (Å²) in [7, 11) is 0. The van der Waals surface area contributed by atoms with E-state index in [-0.39, 0.29) is 5.75 Å². The molecule has 0 amide bonds. The fraction of sp³-hybridized carbons (Fsp3) is 0.0769. The smallest absolute Gasteiger partial charge is 0.183 e. The number of phenolic OH excluding ortho intramolecular Hbond substituents is 1. The van der Waals surface area contributed by atoms with Crippen LogP contribution in [0, 0.1) is 0 Å². The van der Waals surface area contributed by atoms with Gasteiger partial charge in [0.05, 0.1) is 5.69 Å². The lowest BCUT2D eigenvalue weighted by Crippen LogP contribution is -1.97. The summed E-state index contributed by atoms with van der Waals surface area (Å²) in [6.07, 6.45) is 2.53. The van der Waals surface area contributed by atoms with E-state index < -0.39 is 0 Å². The molecule has 2 heterocycles. The van der Waals surface area contributed by atoms with Gasteiger partial charge in [-0.15, -0.1) is 10.2 Å². The van der Waals surface area contributed by atoms with E-state index in [4.69, 9.17) is 5.73 Å². The van der Waals surface area contributed by atoms with E-state index >= 15 is 0 Å². The molecule has 0 aliphatic rings. The van der Waals surface area contributed by atoms with E-state index in [1.165, 1.54) is 0 Å². The lowest BCUT2D eigenvalue weighted by atomic mass is 10.1. The molecule has 3 rings (SSSR count). The van der Waals surface area contributed by atoms with Crippen molar-refractivity contribution >= 4 is 11.3 Å². The highest BCUT2D eigenvalue weighted by Crippen LogP contribution is 2.16. The monoisotopic (exact) mass is 240 g/mol. The van der Waals surface area contributed by atoms with Crippen molar-refractivity contribution in [2.45, 2.75) is 6.42 Å². The summed E-state index contributed by atoms with van der Waals surface area (Å²) >= 11 is 0. The number of hydrogen-bond donors (Lipinski definition) is 2. The Morgan fingerprint density at radius 3 is 2.67 bits per heavy atom. The highest BCUT2D eigenvalue weighted by molar-refractivity contribution is 5.63. The topological polar surface area (TPSA) is 76.4 Å². The van der Waals surface area contributed by atoms with Crippen molar-refractivity contribution in [3.8, 4) is 5.75 Å². The van der Waals surface area contributed by atoms with Crippen LogP contribution in [0.4, 0.5) is 5.69 Å². The molecule has 0 radical (unpaired) electrons. The van der Waals surface area contributed by atoms with Crippen molar-refractivity contribution in [2.75, 3.05) is 5.73 Å². The zero-order valence-electron chi connectivity index (χ0n) is 9.61. The molecular formula is C13H12N4O. The summed E-state index contributed by atoms with van der Waals surface area (Å²) in [6.45, 7) is 0. The minimum Gasteiger partial charge on any atom is -0.508 e. The molecule has 3 N–H and O–H groups in total. The molecule has 0 aliphatic heterocycles. The summed E-state index contributed by atoms with van der Waals surface area (Å²) in [5, 5.41) is 17.5. The number of pyridine rings is 1. The van der Waals surface area contributed by atoms with Gasteiger partial charge in [-0.25, -0.2) is 0 Å². The molecule has 0 atom stereocenters. The average molecular weight is 240 g/mol.